The molecule has 0 bridgehead atoms. The van der Waals surface area contributed by atoms with E-state index < -0.39 is 30.8 Å². The van der Waals surface area contributed by atoms with Crippen molar-refractivity contribution in [3.8, 4) is 11.4 Å². The second-order valence-corrected chi connectivity index (χ2v) is 10.6. The Labute approximate surface area is 219 Å². The molecular weight excluding hydrogens is 496 g/mol. The van der Waals surface area contributed by atoms with Crippen molar-refractivity contribution in [1.29, 1.82) is 0 Å². The average molecular weight is 532 g/mol. The van der Waals surface area contributed by atoms with E-state index in [1.165, 1.54) is 0 Å². The Bertz CT molecular complexity index is 1380. The van der Waals surface area contributed by atoms with Gasteiger partial charge in [0, 0.05) is 39.0 Å². The summed E-state index contributed by atoms with van der Waals surface area (Å²) >= 11 is 0. The van der Waals surface area contributed by atoms with Gasteiger partial charge in [0.05, 0.1) is 42.3 Å². The largest absolute Gasteiger partial charge is 0.481 e. The Balaban J connectivity index is 1.66. The van der Waals surface area contributed by atoms with Gasteiger partial charge >= 0.3 is 11.7 Å². The van der Waals surface area contributed by atoms with Crippen LogP contribution < -0.4 is 10.6 Å². The van der Waals surface area contributed by atoms with Crippen molar-refractivity contribution in [3.63, 3.8) is 0 Å². The van der Waals surface area contributed by atoms with Crippen molar-refractivity contribution in [2.24, 2.45) is 25.9 Å². The molecule has 4 rings (SSSR count). The first kappa shape index (κ1) is 27.5. The van der Waals surface area contributed by atoms with Gasteiger partial charge in [0.15, 0.2) is 0 Å². The zero-order valence-corrected chi connectivity index (χ0v) is 22.5. The summed E-state index contributed by atoms with van der Waals surface area (Å²) in [5, 5.41) is 17.6. The molecule has 206 valence electrons. The van der Waals surface area contributed by atoms with E-state index in [0.29, 0.717) is 40.8 Å². The van der Waals surface area contributed by atoms with Crippen LogP contribution in [0.4, 0.5) is 14.5 Å². The topological polar surface area (TPSA) is 111 Å². The fraction of sp³-hybridized carbons (Fsp3) is 0.577. The smallest absolute Gasteiger partial charge is 0.328 e. The molecule has 1 aliphatic heterocycles. The highest BCUT2D eigenvalue weighted by Crippen LogP contribution is 2.36. The quantitative estimate of drug-likeness (QED) is 0.452. The zero-order chi connectivity index (χ0) is 27.8. The average Bonchev–Trinajstić information content (AvgIpc) is 3.31. The van der Waals surface area contributed by atoms with Crippen LogP contribution >= 0.6 is 0 Å². The summed E-state index contributed by atoms with van der Waals surface area (Å²) in [6, 6.07) is 3.47. The van der Waals surface area contributed by atoms with Crippen molar-refractivity contribution in [3.05, 3.63) is 45.9 Å². The number of aryl methyl sites for hydroxylation is 2. The summed E-state index contributed by atoms with van der Waals surface area (Å²) in [7, 11) is 3.51. The van der Waals surface area contributed by atoms with Crippen LogP contribution in [0.15, 0.2) is 23.1 Å². The Morgan fingerprint density at radius 2 is 2.00 bits per heavy atom. The van der Waals surface area contributed by atoms with Crippen molar-refractivity contribution >= 4 is 11.7 Å². The van der Waals surface area contributed by atoms with Crippen molar-refractivity contribution < 1.29 is 18.7 Å². The molecule has 4 heterocycles. The third kappa shape index (κ3) is 5.78. The fourth-order valence-electron chi connectivity index (χ4n) is 5.22. The van der Waals surface area contributed by atoms with E-state index in [1.54, 1.807) is 44.9 Å². The minimum Gasteiger partial charge on any atom is -0.481 e. The molecule has 0 spiro atoms. The monoisotopic (exact) mass is 531 g/mol. The van der Waals surface area contributed by atoms with Crippen LogP contribution in [-0.4, -0.2) is 59.2 Å². The normalized spacial score (nSPS) is 17.4. The number of piperidine rings is 1. The maximum absolute atomic E-state index is 14.5. The van der Waals surface area contributed by atoms with Crippen LogP contribution in [0.3, 0.4) is 0 Å². The summed E-state index contributed by atoms with van der Waals surface area (Å²) < 4.78 is 33.9. The number of anilines is 1. The van der Waals surface area contributed by atoms with E-state index in [4.69, 9.17) is 10.1 Å². The molecule has 3 aromatic rings. The second-order valence-electron chi connectivity index (χ2n) is 10.6. The molecule has 1 atom stereocenters. The van der Waals surface area contributed by atoms with Crippen LogP contribution in [0.1, 0.15) is 50.7 Å². The summed E-state index contributed by atoms with van der Waals surface area (Å²) in [5.41, 5.74) is 3.73. The van der Waals surface area contributed by atoms with Crippen LogP contribution in [0.25, 0.3) is 11.4 Å². The van der Waals surface area contributed by atoms with Crippen LogP contribution in [0, 0.1) is 11.8 Å². The molecule has 0 unspecified atom stereocenters. The van der Waals surface area contributed by atoms with Gasteiger partial charge in [0.1, 0.15) is 5.69 Å². The number of hydrogen-bond donors (Lipinski definition) is 1. The molecule has 10 nitrogen and oxygen atoms in total. The van der Waals surface area contributed by atoms with Gasteiger partial charge in [0.25, 0.3) is 5.92 Å². The minimum absolute atomic E-state index is 0.132. The fourth-order valence-corrected chi connectivity index (χ4v) is 5.22. The molecule has 1 N–H and O–H groups in total. The molecule has 1 aliphatic rings. The predicted octanol–water partition coefficient (Wildman–Crippen LogP) is 3.12. The lowest BCUT2D eigenvalue weighted by Crippen LogP contribution is -2.48. The molecule has 0 radical (unpaired) electrons. The number of carboxylic acids is 1. The highest BCUT2D eigenvalue weighted by atomic mass is 19.3. The van der Waals surface area contributed by atoms with Crippen molar-refractivity contribution in [2.75, 3.05) is 18.0 Å². The molecule has 1 saturated heterocycles. The van der Waals surface area contributed by atoms with E-state index in [-0.39, 0.29) is 25.2 Å². The number of alkyl halides is 2. The van der Waals surface area contributed by atoms with E-state index in [0.717, 1.165) is 12.1 Å². The van der Waals surface area contributed by atoms with Crippen LogP contribution in [0.5, 0.6) is 0 Å². The molecule has 12 heteroatoms. The molecule has 0 aliphatic carbocycles. The molecule has 0 aromatic carbocycles. The van der Waals surface area contributed by atoms with E-state index >= 15 is 0 Å². The number of aromatic nitrogens is 6. The Morgan fingerprint density at radius 3 is 2.66 bits per heavy atom. The first-order valence-corrected chi connectivity index (χ1v) is 12.9. The number of nitrogens with zero attached hydrogens (tertiary/aromatic N) is 7. The van der Waals surface area contributed by atoms with Gasteiger partial charge in [-0.2, -0.15) is 0 Å². The van der Waals surface area contributed by atoms with Crippen LogP contribution in [0.2, 0.25) is 0 Å². The summed E-state index contributed by atoms with van der Waals surface area (Å²) in [5.74, 6) is -4.32. The van der Waals surface area contributed by atoms with E-state index in [2.05, 4.69) is 24.2 Å². The van der Waals surface area contributed by atoms with Gasteiger partial charge in [-0.15, -0.1) is 5.10 Å². The molecule has 3 aromatic heterocycles. The van der Waals surface area contributed by atoms with E-state index in [1.807, 2.05) is 13.1 Å². The summed E-state index contributed by atoms with van der Waals surface area (Å²) in [4.78, 5) is 30.4. The van der Waals surface area contributed by atoms with E-state index in [9.17, 15) is 18.4 Å². The maximum atomic E-state index is 14.5. The third-order valence-corrected chi connectivity index (χ3v) is 6.97. The molecular formula is C26H35F2N7O3. The standard InChI is InChI=1S/C26H35F2N7O3/c1-6-19-21(35-12-17(10-23(36)37)11-26(27,28)15-35)8-7-20(29-19)24-22(33(5)31-30-24)14-34-13-18(9-16(2)3)32(4)25(34)38/h7-8,13,16-17H,6,9-12,14-15H2,1-5H3,(H,36,37)/t17-/m1/s1. The number of carboxylic acid groups (broad SMARTS) is 1. The third-order valence-electron chi connectivity index (χ3n) is 6.97. The number of rotatable bonds is 9. The summed E-state index contributed by atoms with van der Waals surface area (Å²) in [6.45, 7) is 6.09. The Hall–Kier alpha value is -3.57. The first-order chi connectivity index (χ1) is 17.9. The van der Waals surface area contributed by atoms with Gasteiger partial charge in [-0.1, -0.05) is 26.0 Å². The molecule has 0 saturated carbocycles. The highest BCUT2D eigenvalue weighted by Gasteiger charge is 2.41. The number of hydrogen-bond acceptors (Lipinski definition) is 6. The minimum atomic E-state index is -2.99. The SMILES string of the molecule is CCc1nc(-c2nnn(C)c2Cn2cc(CC(C)C)n(C)c2=O)ccc1N1C[C@H](CC(=O)O)CC(F)(F)C1. The van der Waals surface area contributed by atoms with Gasteiger partial charge in [-0.3, -0.25) is 13.9 Å². The Kier molecular flexibility index (Phi) is 7.70. The van der Waals surface area contributed by atoms with Crippen molar-refractivity contribution in [2.45, 2.75) is 58.9 Å². The summed E-state index contributed by atoms with van der Waals surface area (Å²) in [6.07, 6.45) is 2.38. The lowest BCUT2D eigenvalue weighted by atomic mass is 9.91. The molecule has 1 fully saturated rings. The lowest BCUT2D eigenvalue weighted by Gasteiger charge is -2.39. The number of halogens is 2. The predicted molar refractivity (Wildman–Crippen MR) is 138 cm³/mol. The lowest BCUT2D eigenvalue weighted by molar-refractivity contribution is -0.139. The van der Waals surface area contributed by atoms with Crippen LogP contribution in [-0.2, 0) is 38.3 Å². The first-order valence-electron chi connectivity index (χ1n) is 12.9. The Morgan fingerprint density at radius 1 is 1.26 bits per heavy atom. The second kappa shape index (κ2) is 10.7. The number of imidazole rings is 1. The molecule has 38 heavy (non-hydrogen) atoms. The maximum Gasteiger partial charge on any atom is 0.328 e. The highest BCUT2D eigenvalue weighted by molar-refractivity contribution is 5.67. The van der Waals surface area contributed by atoms with Gasteiger partial charge in [-0.25, -0.2) is 23.2 Å². The number of aliphatic carboxylic acids is 1. The van der Waals surface area contributed by atoms with Gasteiger partial charge in [-0.05, 0) is 36.8 Å². The van der Waals surface area contributed by atoms with Gasteiger partial charge in [0.2, 0.25) is 0 Å². The number of carbonyl (C=O) groups is 1. The zero-order valence-electron chi connectivity index (χ0n) is 22.5. The number of pyridine rings is 1. The van der Waals surface area contributed by atoms with Crippen molar-refractivity contribution in [1.82, 2.24) is 29.1 Å². The molecule has 0 amide bonds. The van der Waals surface area contributed by atoms with Gasteiger partial charge < -0.3 is 10.0 Å².